The van der Waals surface area contributed by atoms with Gasteiger partial charge in [-0.3, -0.25) is 0 Å². The van der Waals surface area contributed by atoms with Crippen LogP contribution >= 0.6 is 0 Å². The van der Waals surface area contributed by atoms with Crippen LogP contribution in [0, 0.1) is 11.8 Å². The molecule has 0 aromatic carbocycles. The maximum atomic E-state index is 13.9. The number of rotatable bonds is 3. The van der Waals surface area contributed by atoms with E-state index in [0.29, 0.717) is 18.3 Å². The number of halogens is 1. The standard InChI is InChI=1S/C11H19F/c1-4-6-11(12)7-5-10(8-11)9(2)3/h4,9-10H,1,5-8H2,2-3H3. The zero-order valence-corrected chi connectivity index (χ0v) is 8.15. The first-order valence-electron chi connectivity index (χ1n) is 4.87. The largest absolute Gasteiger partial charge is 0.244 e. The summed E-state index contributed by atoms with van der Waals surface area (Å²) in [5.74, 6) is 1.22. The number of hydrogen-bond donors (Lipinski definition) is 0. The van der Waals surface area contributed by atoms with Crippen molar-refractivity contribution >= 4 is 0 Å². The maximum absolute atomic E-state index is 13.9. The number of alkyl halides is 1. The molecule has 2 atom stereocenters. The fourth-order valence-corrected chi connectivity index (χ4v) is 2.13. The number of hydrogen-bond acceptors (Lipinski definition) is 0. The van der Waals surface area contributed by atoms with E-state index in [9.17, 15) is 4.39 Å². The molecule has 0 aromatic heterocycles. The van der Waals surface area contributed by atoms with Crippen molar-refractivity contribution in [2.45, 2.75) is 45.2 Å². The molecule has 1 aliphatic rings. The Kier molecular flexibility index (Phi) is 2.92. The average Bonchev–Trinajstić information content (AvgIpc) is 2.33. The van der Waals surface area contributed by atoms with Crippen LogP contribution in [0.5, 0.6) is 0 Å². The van der Waals surface area contributed by atoms with Gasteiger partial charge in [0, 0.05) is 0 Å². The highest BCUT2D eigenvalue weighted by Crippen LogP contribution is 2.43. The van der Waals surface area contributed by atoms with E-state index < -0.39 is 5.67 Å². The average molecular weight is 170 g/mol. The van der Waals surface area contributed by atoms with Gasteiger partial charge in [-0.05, 0) is 37.5 Å². The third-order valence-corrected chi connectivity index (χ3v) is 3.04. The monoisotopic (exact) mass is 170 g/mol. The summed E-state index contributed by atoms with van der Waals surface area (Å²) >= 11 is 0. The SMILES string of the molecule is C=CCC1(F)CCC(C(C)C)C1. The summed E-state index contributed by atoms with van der Waals surface area (Å²) in [4.78, 5) is 0. The third kappa shape index (κ3) is 2.09. The molecule has 0 aromatic rings. The Hall–Kier alpha value is -0.330. The highest BCUT2D eigenvalue weighted by Gasteiger charge is 2.38. The van der Waals surface area contributed by atoms with Gasteiger partial charge in [0.25, 0.3) is 0 Å². The molecule has 0 aliphatic heterocycles. The van der Waals surface area contributed by atoms with Crippen molar-refractivity contribution in [3.8, 4) is 0 Å². The van der Waals surface area contributed by atoms with E-state index in [1.807, 2.05) is 0 Å². The van der Waals surface area contributed by atoms with Gasteiger partial charge in [-0.15, -0.1) is 6.58 Å². The van der Waals surface area contributed by atoms with Crippen molar-refractivity contribution in [3.63, 3.8) is 0 Å². The van der Waals surface area contributed by atoms with Crippen LogP contribution in [0.4, 0.5) is 4.39 Å². The van der Waals surface area contributed by atoms with Crippen molar-refractivity contribution in [2.75, 3.05) is 0 Å². The lowest BCUT2D eigenvalue weighted by Crippen LogP contribution is -2.18. The van der Waals surface area contributed by atoms with Gasteiger partial charge in [0.2, 0.25) is 0 Å². The summed E-state index contributed by atoms with van der Waals surface area (Å²) < 4.78 is 13.9. The summed E-state index contributed by atoms with van der Waals surface area (Å²) in [6, 6.07) is 0. The molecule has 0 N–H and O–H groups in total. The van der Waals surface area contributed by atoms with Gasteiger partial charge in [0.15, 0.2) is 0 Å². The minimum Gasteiger partial charge on any atom is -0.244 e. The highest BCUT2D eigenvalue weighted by atomic mass is 19.1. The fraction of sp³-hybridized carbons (Fsp3) is 0.818. The number of allylic oxidation sites excluding steroid dienone is 1. The Labute approximate surface area is 74.9 Å². The van der Waals surface area contributed by atoms with Gasteiger partial charge >= 0.3 is 0 Å². The van der Waals surface area contributed by atoms with Crippen LogP contribution in [-0.2, 0) is 0 Å². The zero-order valence-electron chi connectivity index (χ0n) is 8.15. The highest BCUT2D eigenvalue weighted by molar-refractivity contribution is 4.94. The van der Waals surface area contributed by atoms with Crippen LogP contribution in [-0.4, -0.2) is 5.67 Å². The summed E-state index contributed by atoms with van der Waals surface area (Å²) in [5.41, 5.74) is -0.920. The normalized spacial score (nSPS) is 35.8. The Balaban J connectivity index is 2.48. The van der Waals surface area contributed by atoms with Crippen molar-refractivity contribution in [2.24, 2.45) is 11.8 Å². The van der Waals surface area contributed by atoms with Crippen molar-refractivity contribution in [1.82, 2.24) is 0 Å². The fourth-order valence-electron chi connectivity index (χ4n) is 2.13. The minimum atomic E-state index is -0.920. The van der Waals surface area contributed by atoms with Crippen LogP contribution in [0.2, 0.25) is 0 Å². The van der Waals surface area contributed by atoms with Crippen LogP contribution in [0.1, 0.15) is 39.5 Å². The van der Waals surface area contributed by atoms with Gasteiger partial charge in [-0.2, -0.15) is 0 Å². The van der Waals surface area contributed by atoms with Crippen molar-refractivity contribution in [3.05, 3.63) is 12.7 Å². The molecule has 1 fully saturated rings. The quantitative estimate of drug-likeness (QED) is 0.566. The molecule has 0 saturated heterocycles. The summed E-state index contributed by atoms with van der Waals surface area (Å²) in [7, 11) is 0. The second-order valence-electron chi connectivity index (χ2n) is 4.39. The van der Waals surface area contributed by atoms with E-state index in [-0.39, 0.29) is 0 Å². The van der Waals surface area contributed by atoms with E-state index in [2.05, 4.69) is 20.4 Å². The Morgan fingerprint density at radius 3 is 2.75 bits per heavy atom. The lowest BCUT2D eigenvalue weighted by molar-refractivity contribution is 0.164. The van der Waals surface area contributed by atoms with Gasteiger partial charge in [-0.25, -0.2) is 4.39 Å². The van der Waals surface area contributed by atoms with Gasteiger partial charge in [0.05, 0.1) is 0 Å². The van der Waals surface area contributed by atoms with E-state index in [4.69, 9.17) is 0 Å². The predicted molar refractivity (Wildman–Crippen MR) is 50.8 cm³/mol. The maximum Gasteiger partial charge on any atom is 0.114 e. The molecular weight excluding hydrogens is 151 g/mol. The molecule has 1 rings (SSSR count). The lowest BCUT2D eigenvalue weighted by Gasteiger charge is -2.19. The molecule has 0 bridgehead atoms. The van der Waals surface area contributed by atoms with Gasteiger partial charge < -0.3 is 0 Å². The second-order valence-corrected chi connectivity index (χ2v) is 4.39. The molecule has 0 spiro atoms. The van der Waals surface area contributed by atoms with Crippen molar-refractivity contribution in [1.29, 1.82) is 0 Å². The van der Waals surface area contributed by atoms with E-state index >= 15 is 0 Å². The van der Waals surface area contributed by atoms with Crippen LogP contribution < -0.4 is 0 Å². The Bertz CT molecular complexity index is 162. The lowest BCUT2D eigenvalue weighted by atomic mass is 9.91. The molecule has 2 unspecified atom stereocenters. The second kappa shape index (κ2) is 3.59. The molecule has 0 nitrogen and oxygen atoms in total. The molecule has 0 radical (unpaired) electrons. The molecule has 70 valence electrons. The summed E-state index contributed by atoms with van der Waals surface area (Å²) in [6.45, 7) is 7.97. The molecule has 0 heterocycles. The van der Waals surface area contributed by atoms with Crippen LogP contribution in [0.3, 0.4) is 0 Å². The van der Waals surface area contributed by atoms with Crippen molar-refractivity contribution < 1.29 is 4.39 Å². The first-order chi connectivity index (χ1) is 5.57. The molecular formula is C11H19F. The zero-order chi connectivity index (χ0) is 9.19. The molecule has 1 heteroatoms. The van der Waals surface area contributed by atoms with E-state index in [1.165, 1.54) is 0 Å². The third-order valence-electron chi connectivity index (χ3n) is 3.04. The Morgan fingerprint density at radius 1 is 1.67 bits per heavy atom. The summed E-state index contributed by atoms with van der Waals surface area (Å²) in [6.07, 6.45) is 4.79. The van der Waals surface area contributed by atoms with E-state index in [0.717, 1.165) is 19.3 Å². The molecule has 0 amide bonds. The minimum absolute atomic E-state index is 0.538. The first kappa shape index (κ1) is 9.76. The smallest absolute Gasteiger partial charge is 0.114 e. The molecule has 1 saturated carbocycles. The molecule has 12 heavy (non-hydrogen) atoms. The summed E-state index contributed by atoms with van der Waals surface area (Å²) in [5, 5.41) is 0. The molecule has 1 aliphatic carbocycles. The van der Waals surface area contributed by atoms with Gasteiger partial charge in [-0.1, -0.05) is 19.9 Å². The first-order valence-corrected chi connectivity index (χ1v) is 4.87. The van der Waals surface area contributed by atoms with Gasteiger partial charge in [0.1, 0.15) is 5.67 Å². The topological polar surface area (TPSA) is 0 Å². The van der Waals surface area contributed by atoms with Crippen LogP contribution in [0.25, 0.3) is 0 Å². The van der Waals surface area contributed by atoms with Crippen LogP contribution in [0.15, 0.2) is 12.7 Å². The Morgan fingerprint density at radius 2 is 2.33 bits per heavy atom. The van der Waals surface area contributed by atoms with E-state index in [1.54, 1.807) is 6.08 Å². The predicted octanol–water partition coefficient (Wildman–Crippen LogP) is 3.73.